The van der Waals surface area contributed by atoms with Gasteiger partial charge in [0.2, 0.25) is 10.0 Å². The SMILES string of the molecule is O=C(c1coc(C2CC2)n1)N1CCNS(=O)(=O)CC1. The van der Waals surface area contributed by atoms with Gasteiger partial charge in [0.05, 0.1) is 5.75 Å². The smallest absolute Gasteiger partial charge is 0.275 e. The molecule has 0 bridgehead atoms. The highest BCUT2D eigenvalue weighted by Crippen LogP contribution is 2.39. The third kappa shape index (κ3) is 2.79. The Hall–Kier alpha value is -1.41. The van der Waals surface area contributed by atoms with Crippen LogP contribution in [0.25, 0.3) is 0 Å². The monoisotopic (exact) mass is 285 g/mol. The average molecular weight is 285 g/mol. The Kier molecular flexibility index (Phi) is 3.06. The highest BCUT2D eigenvalue weighted by atomic mass is 32.2. The average Bonchev–Trinajstić information content (AvgIpc) is 3.13. The molecule has 1 N–H and O–H groups in total. The van der Waals surface area contributed by atoms with Crippen molar-refractivity contribution in [3.8, 4) is 0 Å². The molecular formula is C11H15N3O4S. The number of nitrogens with one attached hydrogen (secondary N) is 1. The molecule has 7 nitrogen and oxygen atoms in total. The summed E-state index contributed by atoms with van der Waals surface area (Å²) in [6, 6.07) is 0. The number of hydrogen-bond donors (Lipinski definition) is 1. The Morgan fingerprint density at radius 1 is 1.42 bits per heavy atom. The molecule has 0 spiro atoms. The van der Waals surface area contributed by atoms with E-state index in [4.69, 9.17) is 4.42 Å². The van der Waals surface area contributed by atoms with E-state index in [1.807, 2.05) is 0 Å². The van der Waals surface area contributed by atoms with E-state index in [0.717, 1.165) is 12.8 Å². The maximum Gasteiger partial charge on any atom is 0.275 e. The van der Waals surface area contributed by atoms with E-state index >= 15 is 0 Å². The van der Waals surface area contributed by atoms with Gasteiger partial charge in [-0.05, 0) is 12.8 Å². The van der Waals surface area contributed by atoms with Gasteiger partial charge in [-0.3, -0.25) is 4.79 Å². The fourth-order valence-electron chi connectivity index (χ4n) is 2.02. The lowest BCUT2D eigenvalue weighted by Crippen LogP contribution is -2.35. The topological polar surface area (TPSA) is 92.5 Å². The summed E-state index contributed by atoms with van der Waals surface area (Å²) in [6.07, 6.45) is 3.48. The number of oxazole rings is 1. The van der Waals surface area contributed by atoms with Crippen molar-refractivity contribution in [1.82, 2.24) is 14.6 Å². The summed E-state index contributed by atoms with van der Waals surface area (Å²) in [4.78, 5) is 17.9. The number of hydrogen-bond acceptors (Lipinski definition) is 5. The van der Waals surface area contributed by atoms with Crippen LogP contribution in [-0.2, 0) is 10.0 Å². The number of sulfonamides is 1. The van der Waals surface area contributed by atoms with Crippen LogP contribution in [0.5, 0.6) is 0 Å². The van der Waals surface area contributed by atoms with E-state index in [1.165, 1.54) is 11.2 Å². The van der Waals surface area contributed by atoms with Gasteiger partial charge in [-0.2, -0.15) is 0 Å². The molecule has 1 aliphatic carbocycles. The lowest BCUT2D eigenvalue weighted by Gasteiger charge is -2.17. The maximum atomic E-state index is 12.2. The van der Waals surface area contributed by atoms with Crippen LogP contribution in [0.2, 0.25) is 0 Å². The third-order valence-electron chi connectivity index (χ3n) is 3.29. The molecule has 0 radical (unpaired) electrons. The molecule has 2 heterocycles. The first-order valence-electron chi connectivity index (χ1n) is 6.27. The molecule has 1 amide bonds. The molecule has 1 aliphatic heterocycles. The van der Waals surface area contributed by atoms with E-state index in [9.17, 15) is 13.2 Å². The number of carbonyl (C=O) groups excluding carboxylic acids is 1. The predicted molar refractivity (Wildman–Crippen MR) is 66.2 cm³/mol. The molecule has 1 aromatic heterocycles. The van der Waals surface area contributed by atoms with Crippen molar-refractivity contribution >= 4 is 15.9 Å². The normalized spacial score (nSPS) is 23.1. The number of nitrogens with zero attached hydrogens (tertiary/aromatic N) is 2. The summed E-state index contributed by atoms with van der Waals surface area (Å²) in [6.45, 7) is 0.769. The first kappa shape index (κ1) is 12.6. The molecular weight excluding hydrogens is 270 g/mol. The molecule has 0 aromatic carbocycles. The molecule has 8 heteroatoms. The number of carbonyl (C=O) groups is 1. The second kappa shape index (κ2) is 4.61. The van der Waals surface area contributed by atoms with Crippen molar-refractivity contribution in [3.63, 3.8) is 0 Å². The van der Waals surface area contributed by atoms with E-state index < -0.39 is 10.0 Å². The summed E-state index contributed by atoms with van der Waals surface area (Å²) < 4.78 is 30.5. The number of amides is 1. The standard InChI is InChI=1S/C11H15N3O4S/c15-11(9-7-18-10(13-9)8-1-2-8)14-4-3-12-19(16,17)6-5-14/h7-8,12H,1-6H2. The van der Waals surface area contributed by atoms with Gasteiger partial charge in [-0.25, -0.2) is 18.1 Å². The zero-order valence-corrected chi connectivity index (χ0v) is 11.1. The van der Waals surface area contributed by atoms with Crippen LogP contribution in [0, 0.1) is 0 Å². The highest BCUT2D eigenvalue weighted by molar-refractivity contribution is 7.89. The lowest BCUT2D eigenvalue weighted by atomic mass is 10.3. The van der Waals surface area contributed by atoms with Gasteiger partial charge in [0.1, 0.15) is 6.26 Å². The van der Waals surface area contributed by atoms with Crippen LogP contribution >= 0.6 is 0 Å². The fourth-order valence-corrected chi connectivity index (χ4v) is 3.03. The second-order valence-corrected chi connectivity index (χ2v) is 6.78. The zero-order chi connectivity index (χ0) is 13.5. The molecule has 2 fully saturated rings. The van der Waals surface area contributed by atoms with E-state index in [0.29, 0.717) is 18.4 Å². The fraction of sp³-hybridized carbons (Fsp3) is 0.636. The summed E-state index contributed by atoms with van der Waals surface area (Å²) in [7, 11) is -3.25. The van der Waals surface area contributed by atoms with Crippen molar-refractivity contribution in [2.75, 3.05) is 25.4 Å². The lowest BCUT2D eigenvalue weighted by molar-refractivity contribution is 0.0766. The first-order valence-corrected chi connectivity index (χ1v) is 7.92. The summed E-state index contributed by atoms with van der Waals surface area (Å²) >= 11 is 0. The number of rotatable bonds is 2. The largest absolute Gasteiger partial charge is 0.448 e. The minimum Gasteiger partial charge on any atom is -0.448 e. The van der Waals surface area contributed by atoms with Crippen molar-refractivity contribution in [2.45, 2.75) is 18.8 Å². The van der Waals surface area contributed by atoms with Crippen LogP contribution in [0.1, 0.15) is 35.1 Å². The maximum absolute atomic E-state index is 12.2. The Morgan fingerprint density at radius 3 is 2.95 bits per heavy atom. The predicted octanol–water partition coefficient (Wildman–Crippen LogP) is -0.0728. The molecule has 1 saturated heterocycles. The molecule has 0 unspecified atom stereocenters. The second-order valence-electron chi connectivity index (χ2n) is 4.85. The van der Waals surface area contributed by atoms with Gasteiger partial charge in [-0.15, -0.1) is 0 Å². The van der Waals surface area contributed by atoms with Gasteiger partial charge < -0.3 is 9.32 Å². The van der Waals surface area contributed by atoms with Gasteiger partial charge in [0, 0.05) is 25.6 Å². The van der Waals surface area contributed by atoms with Crippen molar-refractivity contribution < 1.29 is 17.6 Å². The quantitative estimate of drug-likeness (QED) is 0.821. The molecule has 1 saturated carbocycles. The molecule has 0 atom stereocenters. The Bertz CT molecular complexity index is 591. The van der Waals surface area contributed by atoms with Crippen molar-refractivity contribution in [2.24, 2.45) is 0 Å². The van der Waals surface area contributed by atoms with Crippen LogP contribution in [0.15, 0.2) is 10.7 Å². The van der Waals surface area contributed by atoms with E-state index in [2.05, 4.69) is 9.71 Å². The Balaban J connectivity index is 1.71. The van der Waals surface area contributed by atoms with Crippen LogP contribution in [0.4, 0.5) is 0 Å². The van der Waals surface area contributed by atoms with Gasteiger partial charge in [-0.1, -0.05) is 0 Å². The van der Waals surface area contributed by atoms with Crippen LogP contribution in [0.3, 0.4) is 0 Å². The molecule has 104 valence electrons. The summed E-state index contributed by atoms with van der Waals surface area (Å²) in [5, 5.41) is 0. The minimum atomic E-state index is -3.25. The van der Waals surface area contributed by atoms with Gasteiger partial charge in [0.25, 0.3) is 5.91 Å². The zero-order valence-electron chi connectivity index (χ0n) is 10.3. The van der Waals surface area contributed by atoms with Gasteiger partial charge in [0.15, 0.2) is 11.6 Å². The highest BCUT2D eigenvalue weighted by Gasteiger charge is 2.31. The third-order valence-corrected chi connectivity index (χ3v) is 4.65. The molecule has 2 aliphatic rings. The van der Waals surface area contributed by atoms with Crippen LogP contribution in [-0.4, -0.2) is 49.6 Å². The van der Waals surface area contributed by atoms with E-state index in [1.54, 1.807) is 0 Å². The molecule has 3 rings (SSSR count). The molecule has 1 aromatic rings. The summed E-state index contributed by atoms with van der Waals surface area (Å²) in [5.74, 6) is 0.623. The van der Waals surface area contributed by atoms with Crippen molar-refractivity contribution in [3.05, 3.63) is 17.8 Å². The number of aromatic nitrogens is 1. The van der Waals surface area contributed by atoms with Crippen molar-refractivity contribution in [1.29, 1.82) is 0 Å². The van der Waals surface area contributed by atoms with Gasteiger partial charge >= 0.3 is 0 Å². The Morgan fingerprint density at radius 2 is 2.21 bits per heavy atom. The molecule has 19 heavy (non-hydrogen) atoms. The van der Waals surface area contributed by atoms with E-state index in [-0.39, 0.29) is 30.4 Å². The summed E-state index contributed by atoms with van der Waals surface area (Å²) in [5.41, 5.74) is 0.265. The first-order chi connectivity index (χ1) is 9.05. The minimum absolute atomic E-state index is 0.0773. The Labute approximate surface area is 111 Å². The van der Waals surface area contributed by atoms with Crippen LogP contribution < -0.4 is 4.72 Å².